The first-order valence-electron chi connectivity index (χ1n) is 9.03. The third-order valence-electron chi connectivity index (χ3n) is 5.76. The minimum Gasteiger partial charge on any atom is -0.344 e. The molecule has 3 heteroatoms. The summed E-state index contributed by atoms with van der Waals surface area (Å²) in [6.07, 6.45) is 4.40. The van der Waals surface area contributed by atoms with Crippen LogP contribution in [0.4, 0.5) is 0 Å². The van der Waals surface area contributed by atoms with E-state index in [2.05, 4.69) is 50.8 Å². The predicted octanol–water partition coefficient (Wildman–Crippen LogP) is 3.89. The molecule has 1 saturated heterocycles. The molecule has 2 aromatic heterocycles. The van der Waals surface area contributed by atoms with Gasteiger partial charge in [-0.3, -0.25) is 9.88 Å². The van der Waals surface area contributed by atoms with Crippen LogP contribution in [-0.2, 0) is 19.5 Å². The molecule has 0 radical (unpaired) electrons. The van der Waals surface area contributed by atoms with Crippen LogP contribution in [0, 0.1) is 6.92 Å². The Labute approximate surface area is 142 Å². The second-order valence-electron chi connectivity index (χ2n) is 7.31. The fraction of sp³-hybridized carbons (Fsp3) is 0.381. The molecule has 3 nitrogen and oxygen atoms in total. The quantitative estimate of drug-likeness (QED) is 0.731. The van der Waals surface area contributed by atoms with Crippen molar-refractivity contribution in [1.82, 2.24) is 14.5 Å². The van der Waals surface area contributed by atoms with Gasteiger partial charge in [0, 0.05) is 54.0 Å². The van der Waals surface area contributed by atoms with Crippen molar-refractivity contribution in [2.24, 2.45) is 0 Å². The van der Waals surface area contributed by atoms with Crippen molar-refractivity contribution in [3.63, 3.8) is 0 Å². The van der Waals surface area contributed by atoms with Crippen LogP contribution in [0.15, 0.2) is 42.6 Å². The van der Waals surface area contributed by atoms with Gasteiger partial charge in [-0.1, -0.05) is 24.3 Å². The maximum atomic E-state index is 4.45. The van der Waals surface area contributed by atoms with Gasteiger partial charge in [-0.15, -0.1) is 0 Å². The number of rotatable bonds is 3. The molecular formula is C21H23N3. The van der Waals surface area contributed by atoms with Crippen molar-refractivity contribution in [3.05, 3.63) is 65.1 Å². The van der Waals surface area contributed by atoms with E-state index in [1.165, 1.54) is 36.0 Å². The first kappa shape index (κ1) is 14.2. The van der Waals surface area contributed by atoms with E-state index in [9.17, 15) is 0 Å². The number of aromatic nitrogens is 2. The number of nitrogens with zero attached hydrogens (tertiary/aromatic N) is 3. The van der Waals surface area contributed by atoms with Gasteiger partial charge in [0.25, 0.3) is 0 Å². The SMILES string of the molecule is Cc1ccc(CCn2c3c(c4ccccc42)CN2CCC3C2)cn1. The molecule has 1 aromatic carbocycles. The highest BCUT2D eigenvalue weighted by molar-refractivity contribution is 5.86. The van der Waals surface area contributed by atoms with Crippen molar-refractivity contribution < 1.29 is 0 Å². The summed E-state index contributed by atoms with van der Waals surface area (Å²) in [6.45, 7) is 6.74. The van der Waals surface area contributed by atoms with Gasteiger partial charge >= 0.3 is 0 Å². The molecule has 2 aliphatic heterocycles. The van der Waals surface area contributed by atoms with Gasteiger partial charge in [0.1, 0.15) is 0 Å². The van der Waals surface area contributed by atoms with Crippen LogP contribution in [0.5, 0.6) is 0 Å². The molecule has 2 bridgehead atoms. The molecule has 0 N–H and O–H groups in total. The lowest BCUT2D eigenvalue weighted by molar-refractivity contribution is 0.311. The van der Waals surface area contributed by atoms with Crippen LogP contribution in [0.1, 0.15) is 34.9 Å². The normalized spacial score (nSPS) is 22.0. The molecule has 0 spiro atoms. The molecule has 24 heavy (non-hydrogen) atoms. The molecule has 3 aromatic rings. The summed E-state index contributed by atoms with van der Waals surface area (Å²) in [5, 5.41) is 1.46. The number of hydrogen-bond acceptors (Lipinski definition) is 2. The first-order valence-corrected chi connectivity index (χ1v) is 9.03. The molecule has 0 amide bonds. The highest BCUT2D eigenvalue weighted by Gasteiger charge is 2.35. The molecular weight excluding hydrogens is 294 g/mol. The minimum absolute atomic E-state index is 0.720. The van der Waals surface area contributed by atoms with E-state index in [4.69, 9.17) is 0 Å². The lowest BCUT2D eigenvalue weighted by Gasteiger charge is -2.25. The number of fused-ring (bicyclic) bond motifs is 6. The van der Waals surface area contributed by atoms with E-state index in [-0.39, 0.29) is 0 Å². The smallest absolute Gasteiger partial charge is 0.0486 e. The summed E-state index contributed by atoms with van der Waals surface area (Å²) in [4.78, 5) is 7.07. The van der Waals surface area contributed by atoms with Gasteiger partial charge < -0.3 is 4.57 Å². The van der Waals surface area contributed by atoms with Crippen LogP contribution in [0.25, 0.3) is 10.9 Å². The van der Waals surface area contributed by atoms with E-state index in [1.54, 1.807) is 11.3 Å². The van der Waals surface area contributed by atoms with Gasteiger partial charge in [0.05, 0.1) is 0 Å². The number of benzene rings is 1. The molecule has 5 rings (SSSR count). The Bertz CT molecular complexity index is 891. The molecule has 0 aliphatic carbocycles. The van der Waals surface area contributed by atoms with Crippen LogP contribution in [0.2, 0.25) is 0 Å². The molecule has 1 fully saturated rings. The summed E-state index contributed by atoms with van der Waals surface area (Å²) in [5.74, 6) is 0.720. The zero-order valence-electron chi connectivity index (χ0n) is 14.2. The largest absolute Gasteiger partial charge is 0.344 e. The molecule has 2 aliphatic rings. The Morgan fingerprint density at radius 2 is 2.08 bits per heavy atom. The maximum Gasteiger partial charge on any atom is 0.0486 e. The Morgan fingerprint density at radius 3 is 2.96 bits per heavy atom. The molecule has 2 unspecified atom stereocenters. The van der Waals surface area contributed by atoms with Crippen molar-refractivity contribution >= 4 is 10.9 Å². The zero-order valence-corrected chi connectivity index (χ0v) is 14.2. The lowest BCUT2D eigenvalue weighted by Crippen LogP contribution is -2.26. The number of hydrogen-bond donors (Lipinski definition) is 0. The maximum absolute atomic E-state index is 4.45. The zero-order chi connectivity index (χ0) is 16.1. The summed E-state index contributed by atoms with van der Waals surface area (Å²) >= 11 is 0. The first-order chi connectivity index (χ1) is 11.8. The Hall–Kier alpha value is -2.13. The van der Waals surface area contributed by atoms with Crippen molar-refractivity contribution in [3.8, 4) is 0 Å². The van der Waals surface area contributed by atoms with E-state index in [0.717, 1.165) is 31.1 Å². The van der Waals surface area contributed by atoms with Crippen molar-refractivity contribution in [2.45, 2.75) is 38.8 Å². The van der Waals surface area contributed by atoms with Gasteiger partial charge in [-0.05, 0) is 49.6 Å². The number of pyridine rings is 1. The summed E-state index contributed by atoms with van der Waals surface area (Å²) < 4.78 is 2.61. The highest BCUT2D eigenvalue weighted by atomic mass is 15.2. The average Bonchev–Trinajstić information content (AvgIpc) is 3.14. The monoisotopic (exact) mass is 317 g/mol. The Kier molecular flexibility index (Phi) is 3.23. The van der Waals surface area contributed by atoms with E-state index in [1.807, 2.05) is 13.1 Å². The van der Waals surface area contributed by atoms with Crippen LogP contribution >= 0.6 is 0 Å². The molecule has 2 atom stereocenters. The topological polar surface area (TPSA) is 21.1 Å². The van der Waals surface area contributed by atoms with Crippen LogP contribution < -0.4 is 0 Å². The van der Waals surface area contributed by atoms with Crippen LogP contribution in [-0.4, -0.2) is 27.5 Å². The standard InChI is InChI=1S/C21H23N3/c1-15-6-7-16(12-22-15)8-11-24-20-5-3-2-4-18(20)19-14-23-10-9-17(13-23)21(19)24/h2-7,12,17H,8-11,13-14H2,1H3. The fourth-order valence-electron chi connectivity index (χ4n) is 4.58. The minimum atomic E-state index is 0.720. The van der Waals surface area contributed by atoms with E-state index >= 15 is 0 Å². The predicted molar refractivity (Wildman–Crippen MR) is 97.3 cm³/mol. The highest BCUT2D eigenvalue weighted by Crippen LogP contribution is 2.41. The molecule has 0 saturated carbocycles. The van der Waals surface area contributed by atoms with Gasteiger partial charge in [-0.2, -0.15) is 0 Å². The summed E-state index contributed by atoms with van der Waals surface area (Å²) in [6, 6.07) is 13.3. The third-order valence-corrected chi connectivity index (χ3v) is 5.76. The van der Waals surface area contributed by atoms with E-state index in [0.29, 0.717) is 0 Å². The average molecular weight is 317 g/mol. The van der Waals surface area contributed by atoms with Crippen LogP contribution in [0.3, 0.4) is 0 Å². The molecule has 122 valence electrons. The Morgan fingerprint density at radius 1 is 1.17 bits per heavy atom. The van der Waals surface area contributed by atoms with Crippen molar-refractivity contribution in [1.29, 1.82) is 0 Å². The number of para-hydroxylation sites is 1. The van der Waals surface area contributed by atoms with Gasteiger partial charge in [0.15, 0.2) is 0 Å². The second kappa shape index (κ2) is 5.45. The molecule has 4 heterocycles. The van der Waals surface area contributed by atoms with Gasteiger partial charge in [0.2, 0.25) is 0 Å². The summed E-state index contributed by atoms with van der Waals surface area (Å²) in [7, 11) is 0. The Balaban J connectivity index is 1.56. The van der Waals surface area contributed by atoms with Gasteiger partial charge in [-0.25, -0.2) is 0 Å². The second-order valence-corrected chi connectivity index (χ2v) is 7.31. The third kappa shape index (κ3) is 2.19. The fourth-order valence-corrected chi connectivity index (χ4v) is 4.58. The summed E-state index contributed by atoms with van der Waals surface area (Å²) in [5.41, 5.74) is 7.03. The van der Waals surface area contributed by atoms with E-state index < -0.39 is 0 Å². The van der Waals surface area contributed by atoms with Crippen molar-refractivity contribution in [2.75, 3.05) is 13.1 Å². The lowest BCUT2D eigenvalue weighted by atomic mass is 9.97. The number of aryl methyl sites for hydroxylation is 3.